The topological polar surface area (TPSA) is 45.6 Å². The predicted molar refractivity (Wildman–Crippen MR) is 111 cm³/mol. The highest BCUT2D eigenvalue weighted by Crippen LogP contribution is 2.36. The van der Waals surface area contributed by atoms with Gasteiger partial charge in [0.05, 0.1) is 6.04 Å². The zero-order chi connectivity index (χ0) is 20.0. The molecule has 1 aliphatic heterocycles. The Kier molecular flexibility index (Phi) is 4.69. The van der Waals surface area contributed by atoms with E-state index in [1.807, 2.05) is 9.80 Å². The zero-order valence-electron chi connectivity index (χ0n) is 17.1. The van der Waals surface area contributed by atoms with Gasteiger partial charge in [-0.2, -0.15) is 0 Å². The fourth-order valence-corrected chi connectivity index (χ4v) is 4.65. The quantitative estimate of drug-likeness (QED) is 0.783. The van der Waals surface area contributed by atoms with Crippen molar-refractivity contribution < 1.29 is 9.59 Å². The van der Waals surface area contributed by atoms with Crippen LogP contribution in [0.25, 0.3) is 0 Å². The molecule has 152 valence electrons. The van der Waals surface area contributed by atoms with Gasteiger partial charge in [-0.1, -0.05) is 36.2 Å². The standard InChI is InChI=1S/C24H29N3O2/c1-17-7-9-18(10-8-17)23-21-6-3-13-25(21)14-15-26(23)22(28)16-27(20-11-12-20)24(29)19-4-2-5-19/h3,6-10,13,19-20,23H,2,4-5,11-12,14-16H2,1H3/t23-/m1/s1. The summed E-state index contributed by atoms with van der Waals surface area (Å²) in [6.45, 7) is 3.78. The first-order valence-electron chi connectivity index (χ1n) is 10.9. The Morgan fingerprint density at radius 1 is 1.03 bits per heavy atom. The minimum Gasteiger partial charge on any atom is -0.348 e. The average molecular weight is 392 g/mol. The van der Waals surface area contributed by atoms with Crippen LogP contribution >= 0.6 is 0 Å². The summed E-state index contributed by atoms with van der Waals surface area (Å²) in [6.07, 6.45) is 7.28. The van der Waals surface area contributed by atoms with E-state index in [2.05, 4.69) is 54.1 Å². The summed E-state index contributed by atoms with van der Waals surface area (Å²) in [5.41, 5.74) is 3.49. The van der Waals surface area contributed by atoms with Gasteiger partial charge in [-0.05, 0) is 50.3 Å². The summed E-state index contributed by atoms with van der Waals surface area (Å²) < 4.78 is 2.24. The van der Waals surface area contributed by atoms with Gasteiger partial charge >= 0.3 is 0 Å². The van der Waals surface area contributed by atoms with E-state index in [0.717, 1.165) is 49.9 Å². The monoisotopic (exact) mass is 391 g/mol. The summed E-state index contributed by atoms with van der Waals surface area (Å²) in [4.78, 5) is 30.3. The lowest BCUT2D eigenvalue weighted by Gasteiger charge is -2.39. The van der Waals surface area contributed by atoms with E-state index in [0.29, 0.717) is 6.54 Å². The smallest absolute Gasteiger partial charge is 0.243 e. The van der Waals surface area contributed by atoms with Crippen molar-refractivity contribution in [3.8, 4) is 0 Å². The molecule has 2 aliphatic carbocycles. The molecule has 0 N–H and O–H groups in total. The van der Waals surface area contributed by atoms with E-state index in [1.165, 1.54) is 5.56 Å². The fourth-order valence-electron chi connectivity index (χ4n) is 4.65. The van der Waals surface area contributed by atoms with Crippen molar-refractivity contribution in [2.75, 3.05) is 13.1 Å². The van der Waals surface area contributed by atoms with Gasteiger partial charge in [0.25, 0.3) is 0 Å². The molecule has 2 heterocycles. The summed E-state index contributed by atoms with van der Waals surface area (Å²) in [7, 11) is 0. The highest BCUT2D eigenvalue weighted by molar-refractivity contribution is 5.87. The molecule has 2 fully saturated rings. The summed E-state index contributed by atoms with van der Waals surface area (Å²) in [6, 6.07) is 12.8. The van der Waals surface area contributed by atoms with Crippen molar-refractivity contribution in [1.82, 2.24) is 14.4 Å². The van der Waals surface area contributed by atoms with Crippen molar-refractivity contribution in [3.05, 3.63) is 59.4 Å². The molecule has 5 rings (SSSR count). The maximum atomic E-state index is 13.5. The maximum absolute atomic E-state index is 13.5. The molecule has 5 nitrogen and oxygen atoms in total. The first kappa shape index (κ1) is 18.5. The van der Waals surface area contributed by atoms with Crippen molar-refractivity contribution in [3.63, 3.8) is 0 Å². The van der Waals surface area contributed by atoms with Gasteiger partial charge in [-0.3, -0.25) is 9.59 Å². The second-order valence-electron chi connectivity index (χ2n) is 8.85. The number of hydrogen-bond donors (Lipinski definition) is 0. The van der Waals surface area contributed by atoms with Gasteiger partial charge in [0.15, 0.2) is 0 Å². The Morgan fingerprint density at radius 3 is 2.45 bits per heavy atom. The maximum Gasteiger partial charge on any atom is 0.243 e. The van der Waals surface area contributed by atoms with Crippen molar-refractivity contribution >= 4 is 11.8 Å². The third-order valence-corrected chi connectivity index (χ3v) is 6.78. The highest BCUT2D eigenvalue weighted by Gasteiger charge is 2.40. The molecule has 29 heavy (non-hydrogen) atoms. The van der Waals surface area contributed by atoms with Gasteiger partial charge in [-0.25, -0.2) is 0 Å². The van der Waals surface area contributed by atoms with E-state index in [-0.39, 0.29) is 36.4 Å². The number of aromatic nitrogens is 1. The number of nitrogens with zero attached hydrogens (tertiary/aromatic N) is 3. The molecular formula is C24H29N3O2. The number of carbonyl (C=O) groups excluding carboxylic acids is 2. The first-order chi connectivity index (χ1) is 14.1. The number of fused-ring (bicyclic) bond motifs is 1. The predicted octanol–water partition coefficient (Wildman–Crippen LogP) is 3.52. The lowest BCUT2D eigenvalue weighted by molar-refractivity contribution is -0.146. The van der Waals surface area contributed by atoms with Crippen LogP contribution in [-0.2, 0) is 16.1 Å². The lowest BCUT2D eigenvalue weighted by atomic mass is 9.84. The highest BCUT2D eigenvalue weighted by atomic mass is 16.2. The van der Waals surface area contributed by atoms with Crippen molar-refractivity contribution in [2.24, 2.45) is 5.92 Å². The Balaban J connectivity index is 1.41. The lowest BCUT2D eigenvalue weighted by Crippen LogP contribution is -2.50. The molecule has 2 saturated carbocycles. The van der Waals surface area contributed by atoms with E-state index in [9.17, 15) is 9.59 Å². The van der Waals surface area contributed by atoms with Crippen LogP contribution in [0.4, 0.5) is 0 Å². The second kappa shape index (κ2) is 7.36. The molecule has 0 spiro atoms. The SMILES string of the molecule is Cc1ccc([C@@H]2c3cccn3CCN2C(=O)CN(C(=O)C2CCC2)C2CC2)cc1. The molecule has 2 aromatic rings. The van der Waals surface area contributed by atoms with Gasteiger partial charge in [0.2, 0.25) is 11.8 Å². The molecule has 0 radical (unpaired) electrons. The fraction of sp³-hybridized carbons (Fsp3) is 0.500. The van der Waals surface area contributed by atoms with Gasteiger partial charge in [0, 0.05) is 36.9 Å². The van der Waals surface area contributed by atoms with E-state index < -0.39 is 0 Å². The third-order valence-electron chi connectivity index (χ3n) is 6.78. The number of aryl methyl sites for hydroxylation is 1. The van der Waals surface area contributed by atoms with Gasteiger partial charge in [0.1, 0.15) is 6.54 Å². The number of carbonyl (C=O) groups is 2. The van der Waals surface area contributed by atoms with Crippen LogP contribution in [0.3, 0.4) is 0 Å². The van der Waals surface area contributed by atoms with Crippen LogP contribution in [0, 0.1) is 12.8 Å². The molecular weight excluding hydrogens is 362 g/mol. The normalized spacial score (nSPS) is 21.4. The van der Waals surface area contributed by atoms with Crippen molar-refractivity contribution in [1.29, 1.82) is 0 Å². The summed E-state index contributed by atoms with van der Waals surface area (Å²) >= 11 is 0. The average Bonchev–Trinajstić information content (AvgIpc) is 3.40. The molecule has 0 bridgehead atoms. The van der Waals surface area contributed by atoms with E-state index >= 15 is 0 Å². The van der Waals surface area contributed by atoms with Crippen LogP contribution in [0.2, 0.25) is 0 Å². The van der Waals surface area contributed by atoms with E-state index in [4.69, 9.17) is 0 Å². The van der Waals surface area contributed by atoms with Crippen LogP contribution in [0.1, 0.15) is 55.0 Å². The molecule has 1 aromatic carbocycles. The Labute approximate surface area is 172 Å². The Bertz CT molecular complexity index is 908. The molecule has 1 atom stereocenters. The largest absolute Gasteiger partial charge is 0.348 e. The molecule has 3 aliphatic rings. The van der Waals surface area contributed by atoms with Crippen LogP contribution in [0.5, 0.6) is 0 Å². The van der Waals surface area contributed by atoms with E-state index in [1.54, 1.807) is 0 Å². The third kappa shape index (κ3) is 3.47. The zero-order valence-corrected chi connectivity index (χ0v) is 17.1. The minimum absolute atomic E-state index is 0.0719. The minimum atomic E-state index is -0.0910. The Morgan fingerprint density at radius 2 is 1.79 bits per heavy atom. The van der Waals surface area contributed by atoms with Gasteiger partial charge in [-0.15, -0.1) is 0 Å². The second-order valence-corrected chi connectivity index (χ2v) is 8.85. The molecule has 2 amide bonds. The van der Waals surface area contributed by atoms with Gasteiger partial charge < -0.3 is 14.4 Å². The molecule has 5 heteroatoms. The number of amides is 2. The summed E-state index contributed by atoms with van der Waals surface area (Å²) in [5.74, 6) is 0.428. The molecule has 0 saturated heterocycles. The molecule has 1 aromatic heterocycles. The van der Waals surface area contributed by atoms with Crippen molar-refractivity contribution in [2.45, 2.75) is 57.7 Å². The van der Waals surface area contributed by atoms with Crippen LogP contribution in [0.15, 0.2) is 42.6 Å². The Hall–Kier alpha value is -2.56. The number of rotatable bonds is 5. The van der Waals surface area contributed by atoms with Crippen LogP contribution < -0.4 is 0 Å². The first-order valence-corrected chi connectivity index (χ1v) is 10.9. The molecule has 0 unspecified atom stereocenters. The number of hydrogen-bond acceptors (Lipinski definition) is 2. The summed E-state index contributed by atoms with van der Waals surface area (Å²) in [5, 5.41) is 0. The van der Waals surface area contributed by atoms with Crippen LogP contribution in [-0.4, -0.2) is 45.3 Å². The number of benzene rings is 1.